The first-order chi connectivity index (χ1) is 7.99. The molecule has 1 saturated heterocycles. The molecule has 0 radical (unpaired) electrons. The van der Waals surface area contributed by atoms with Gasteiger partial charge in [-0.25, -0.2) is 0 Å². The number of hydrogen-bond acceptors (Lipinski definition) is 2. The zero-order valence-electron chi connectivity index (χ0n) is 10.8. The Bertz CT molecular complexity index is 358. The van der Waals surface area contributed by atoms with E-state index in [1.807, 2.05) is 18.2 Å². The van der Waals surface area contributed by atoms with Gasteiger partial charge in [-0.05, 0) is 38.7 Å². The molecule has 2 rings (SSSR count). The number of ether oxygens (including phenoxy) is 1. The van der Waals surface area contributed by atoms with Crippen molar-refractivity contribution in [2.45, 2.75) is 50.7 Å². The number of hydrogen-bond donors (Lipinski definition) is 1. The lowest BCUT2D eigenvalue weighted by molar-refractivity contribution is -0.146. The second-order valence-corrected chi connectivity index (χ2v) is 5.74. The molecular weight excluding hydrogens is 212 g/mol. The molecule has 1 N–H and O–H groups in total. The van der Waals surface area contributed by atoms with Crippen LogP contribution in [0.15, 0.2) is 30.3 Å². The van der Waals surface area contributed by atoms with E-state index in [4.69, 9.17) is 4.74 Å². The molecule has 1 atom stereocenters. The lowest BCUT2D eigenvalue weighted by atomic mass is 9.80. The lowest BCUT2D eigenvalue weighted by Gasteiger charge is -2.41. The van der Waals surface area contributed by atoms with Crippen LogP contribution in [-0.4, -0.2) is 22.9 Å². The van der Waals surface area contributed by atoms with E-state index in [1.54, 1.807) is 0 Å². The second-order valence-electron chi connectivity index (χ2n) is 5.74. The summed E-state index contributed by atoms with van der Waals surface area (Å²) in [5.41, 5.74) is 0.548. The number of aliphatic hydroxyl groups is 1. The van der Waals surface area contributed by atoms with Crippen LogP contribution in [0, 0.1) is 0 Å². The van der Waals surface area contributed by atoms with E-state index in [-0.39, 0.29) is 5.60 Å². The summed E-state index contributed by atoms with van der Waals surface area (Å²) in [5.74, 6) is 0. The highest BCUT2D eigenvalue weighted by atomic mass is 16.5. The SMILES string of the molecule is CC1(C)CC(O)(CCc2ccccc2)CCO1. The summed E-state index contributed by atoms with van der Waals surface area (Å²) in [4.78, 5) is 0. The molecule has 1 heterocycles. The van der Waals surface area contributed by atoms with Crippen LogP contribution in [0.4, 0.5) is 0 Å². The molecule has 0 amide bonds. The minimum absolute atomic E-state index is 0.191. The Labute approximate surface area is 104 Å². The Morgan fingerprint density at radius 3 is 2.59 bits per heavy atom. The van der Waals surface area contributed by atoms with Crippen molar-refractivity contribution in [1.29, 1.82) is 0 Å². The van der Waals surface area contributed by atoms with E-state index in [9.17, 15) is 5.11 Å². The maximum atomic E-state index is 10.6. The van der Waals surface area contributed by atoms with Crippen molar-refractivity contribution in [2.24, 2.45) is 0 Å². The fourth-order valence-electron chi connectivity index (χ4n) is 2.68. The molecule has 0 aliphatic carbocycles. The van der Waals surface area contributed by atoms with Crippen molar-refractivity contribution in [3.63, 3.8) is 0 Å². The number of rotatable bonds is 3. The monoisotopic (exact) mass is 234 g/mol. The second kappa shape index (κ2) is 4.79. The average molecular weight is 234 g/mol. The Morgan fingerprint density at radius 2 is 1.94 bits per heavy atom. The molecular formula is C15H22O2. The van der Waals surface area contributed by atoms with Gasteiger partial charge in [0.2, 0.25) is 0 Å². The van der Waals surface area contributed by atoms with Gasteiger partial charge in [0.25, 0.3) is 0 Å². The zero-order chi connectivity index (χ0) is 12.4. The predicted octanol–water partition coefficient (Wildman–Crippen LogP) is 2.94. The Hall–Kier alpha value is -0.860. The third-order valence-corrected chi connectivity index (χ3v) is 3.54. The first kappa shape index (κ1) is 12.6. The highest BCUT2D eigenvalue weighted by Crippen LogP contribution is 2.34. The van der Waals surface area contributed by atoms with E-state index >= 15 is 0 Å². The number of aryl methyl sites for hydroxylation is 1. The molecule has 17 heavy (non-hydrogen) atoms. The van der Waals surface area contributed by atoms with Gasteiger partial charge in [0.15, 0.2) is 0 Å². The molecule has 0 spiro atoms. The van der Waals surface area contributed by atoms with E-state index in [2.05, 4.69) is 26.0 Å². The fraction of sp³-hybridized carbons (Fsp3) is 0.600. The topological polar surface area (TPSA) is 29.5 Å². The average Bonchev–Trinajstić information content (AvgIpc) is 2.26. The Balaban J connectivity index is 1.94. The van der Waals surface area contributed by atoms with E-state index in [1.165, 1.54) is 5.56 Å². The van der Waals surface area contributed by atoms with Crippen LogP contribution in [0.5, 0.6) is 0 Å². The van der Waals surface area contributed by atoms with Gasteiger partial charge in [-0.15, -0.1) is 0 Å². The van der Waals surface area contributed by atoms with Crippen molar-refractivity contribution in [3.8, 4) is 0 Å². The quantitative estimate of drug-likeness (QED) is 0.871. The van der Waals surface area contributed by atoms with Gasteiger partial charge in [-0.1, -0.05) is 30.3 Å². The smallest absolute Gasteiger partial charge is 0.0700 e. The summed E-state index contributed by atoms with van der Waals surface area (Å²) < 4.78 is 5.65. The van der Waals surface area contributed by atoms with Gasteiger partial charge in [0.05, 0.1) is 17.8 Å². The number of benzene rings is 1. The van der Waals surface area contributed by atoms with Crippen LogP contribution in [0.25, 0.3) is 0 Å². The summed E-state index contributed by atoms with van der Waals surface area (Å²) in [6.07, 6.45) is 3.24. The standard InChI is InChI=1S/C15H22O2/c1-14(2)12-15(16,10-11-17-14)9-8-13-6-4-3-5-7-13/h3-7,16H,8-12H2,1-2H3. The van der Waals surface area contributed by atoms with Crippen LogP contribution in [0.1, 0.15) is 38.7 Å². The van der Waals surface area contributed by atoms with Gasteiger partial charge >= 0.3 is 0 Å². The van der Waals surface area contributed by atoms with E-state index < -0.39 is 5.60 Å². The van der Waals surface area contributed by atoms with Crippen LogP contribution < -0.4 is 0 Å². The van der Waals surface area contributed by atoms with Gasteiger partial charge < -0.3 is 9.84 Å². The minimum Gasteiger partial charge on any atom is -0.390 e. The highest BCUT2D eigenvalue weighted by molar-refractivity contribution is 5.15. The molecule has 1 fully saturated rings. The molecule has 0 saturated carbocycles. The highest BCUT2D eigenvalue weighted by Gasteiger charge is 2.38. The van der Waals surface area contributed by atoms with Gasteiger partial charge in [0.1, 0.15) is 0 Å². The summed E-state index contributed by atoms with van der Waals surface area (Å²) >= 11 is 0. The summed E-state index contributed by atoms with van der Waals surface area (Å²) in [7, 11) is 0. The van der Waals surface area contributed by atoms with E-state index in [0.29, 0.717) is 6.61 Å². The molecule has 0 aromatic heterocycles. The maximum Gasteiger partial charge on any atom is 0.0700 e. The van der Waals surface area contributed by atoms with Crippen molar-refractivity contribution in [1.82, 2.24) is 0 Å². The molecule has 1 aliphatic heterocycles. The fourth-order valence-corrected chi connectivity index (χ4v) is 2.68. The first-order valence-electron chi connectivity index (χ1n) is 6.39. The van der Waals surface area contributed by atoms with Crippen LogP contribution >= 0.6 is 0 Å². The molecule has 1 aromatic carbocycles. The summed E-state index contributed by atoms with van der Waals surface area (Å²) in [6.45, 7) is 4.78. The van der Waals surface area contributed by atoms with Crippen molar-refractivity contribution in [2.75, 3.05) is 6.61 Å². The van der Waals surface area contributed by atoms with Crippen molar-refractivity contribution >= 4 is 0 Å². The molecule has 1 aromatic rings. The van der Waals surface area contributed by atoms with Crippen molar-refractivity contribution in [3.05, 3.63) is 35.9 Å². The predicted molar refractivity (Wildman–Crippen MR) is 69.0 cm³/mol. The van der Waals surface area contributed by atoms with Gasteiger partial charge in [-0.2, -0.15) is 0 Å². The Kier molecular flexibility index (Phi) is 3.55. The van der Waals surface area contributed by atoms with E-state index in [0.717, 1.165) is 25.7 Å². The molecule has 1 aliphatic rings. The molecule has 2 nitrogen and oxygen atoms in total. The summed E-state index contributed by atoms with van der Waals surface area (Å²) in [6, 6.07) is 10.4. The third kappa shape index (κ3) is 3.55. The molecule has 94 valence electrons. The molecule has 2 heteroatoms. The third-order valence-electron chi connectivity index (χ3n) is 3.54. The van der Waals surface area contributed by atoms with Crippen LogP contribution in [-0.2, 0) is 11.2 Å². The lowest BCUT2D eigenvalue weighted by Crippen LogP contribution is -2.46. The largest absolute Gasteiger partial charge is 0.390 e. The van der Waals surface area contributed by atoms with Crippen molar-refractivity contribution < 1.29 is 9.84 Å². The van der Waals surface area contributed by atoms with Gasteiger partial charge in [0, 0.05) is 6.42 Å². The van der Waals surface area contributed by atoms with Crippen LogP contribution in [0.2, 0.25) is 0 Å². The molecule has 0 bridgehead atoms. The first-order valence-corrected chi connectivity index (χ1v) is 6.39. The zero-order valence-corrected chi connectivity index (χ0v) is 10.8. The van der Waals surface area contributed by atoms with Gasteiger partial charge in [-0.3, -0.25) is 0 Å². The minimum atomic E-state index is -0.558. The van der Waals surface area contributed by atoms with Crippen LogP contribution in [0.3, 0.4) is 0 Å². The normalized spacial score (nSPS) is 27.9. The Morgan fingerprint density at radius 1 is 1.24 bits per heavy atom. The molecule has 1 unspecified atom stereocenters. The maximum absolute atomic E-state index is 10.6. The summed E-state index contributed by atoms with van der Waals surface area (Å²) in [5, 5.41) is 10.6.